The molecule has 1 aliphatic heterocycles. The third kappa shape index (κ3) is 3.58. The predicted molar refractivity (Wildman–Crippen MR) is 101 cm³/mol. The van der Waals surface area contributed by atoms with Gasteiger partial charge in [-0.1, -0.05) is 48.0 Å². The van der Waals surface area contributed by atoms with E-state index in [1.165, 1.54) is 0 Å². The third-order valence-corrected chi connectivity index (χ3v) is 4.18. The average molecular weight is 358 g/mol. The van der Waals surface area contributed by atoms with Gasteiger partial charge in [-0.2, -0.15) is 0 Å². The molecule has 0 unspecified atom stereocenters. The number of carbonyl (C=O) groups is 1. The van der Waals surface area contributed by atoms with E-state index in [4.69, 9.17) is 23.8 Å². The van der Waals surface area contributed by atoms with Gasteiger partial charge in [-0.3, -0.25) is 4.79 Å². The Morgan fingerprint density at radius 3 is 2.62 bits per heavy atom. The standard InChI is InChI=1S/C18H16ClN3OS/c1-11-15(17(23)21-14-9-5-8-13(19)10-14)16(22-18(24)20-11)12-6-3-2-4-7-12/h2-10,16H,1H3,(H,21,23)(H2,20,22,24)/t16-/m1/s1. The van der Waals surface area contributed by atoms with E-state index < -0.39 is 0 Å². The minimum Gasteiger partial charge on any atom is -0.351 e. The Bertz CT molecular complexity index is 820. The third-order valence-electron chi connectivity index (χ3n) is 3.73. The lowest BCUT2D eigenvalue weighted by Gasteiger charge is -2.30. The summed E-state index contributed by atoms with van der Waals surface area (Å²) in [5, 5.41) is 10.1. The second-order valence-corrected chi connectivity index (χ2v) is 6.29. The molecule has 1 heterocycles. The van der Waals surface area contributed by atoms with E-state index in [0.29, 0.717) is 21.4 Å². The highest BCUT2D eigenvalue weighted by Gasteiger charge is 2.29. The Labute approximate surface area is 150 Å². The van der Waals surface area contributed by atoms with Gasteiger partial charge in [-0.15, -0.1) is 0 Å². The first-order valence-corrected chi connectivity index (χ1v) is 8.23. The predicted octanol–water partition coefficient (Wildman–Crippen LogP) is 3.77. The minimum absolute atomic E-state index is 0.203. The summed E-state index contributed by atoms with van der Waals surface area (Å²) in [6.45, 7) is 1.84. The van der Waals surface area contributed by atoms with Crippen LogP contribution in [0, 0.1) is 0 Å². The van der Waals surface area contributed by atoms with Crippen LogP contribution in [0.5, 0.6) is 0 Å². The summed E-state index contributed by atoms with van der Waals surface area (Å²) < 4.78 is 0. The van der Waals surface area contributed by atoms with Crippen molar-refractivity contribution in [1.29, 1.82) is 0 Å². The van der Waals surface area contributed by atoms with Gasteiger partial charge >= 0.3 is 0 Å². The number of benzene rings is 2. The summed E-state index contributed by atoms with van der Waals surface area (Å²) in [4.78, 5) is 12.8. The van der Waals surface area contributed by atoms with Gasteiger partial charge in [0.1, 0.15) is 0 Å². The van der Waals surface area contributed by atoms with Gasteiger partial charge < -0.3 is 16.0 Å². The highest BCUT2D eigenvalue weighted by molar-refractivity contribution is 7.80. The molecule has 0 fully saturated rings. The first-order valence-electron chi connectivity index (χ1n) is 7.45. The van der Waals surface area contributed by atoms with Crippen LogP contribution in [0.15, 0.2) is 65.9 Å². The first kappa shape index (κ1) is 16.5. The molecule has 0 aliphatic carbocycles. The SMILES string of the molecule is CC1=C(C(=O)Nc2cccc(Cl)c2)[C@@H](c2ccccc2)NC(=S)N1. The summed E-state index contributed by atoms with van der Waals surface area (Å²) in [6, 6.07) is 16.5. The molecule has 6 heteroatoms. The maximum absolute atomic E-state index is 12.8. The lowest BCUT2D eigenvalue weighted by Crippen LogP contribution is -2.45. The number of rotatable bonds is 3. The molecule has 0 aromatic heterocycles. The number of hydrogen-bond acceptors (Lipinski definition) is 2. The Morgan fingerprint density at radius 2 is 1.92 bits per heavy atom. The van der Waals surface area contributed by atoms with Gasteiger partial charge in [0.2, 0.25) is 0 Å². The molecule has 0 spiro atoms. The molecular weight excluding hydrogens is 342 g/mol. The Kier molecular flexibility index (Phi) is 4.83. The van der Waals surface area contributed by atoms with E-state index in [0.717, 1.165) is 11.3 Å². The fraction of sp³-hybridized carbons (Fsp3) is 0.111. The Hall–Kier alpha value is -2.37. The molecule has 0 bridgehead atoms. The Balaban J connectivity index is 1.94. The van der Waals surface area contributed by atoms with Gasteiger partial charge in [0.15, 0.2) is 5.11 Å². The molecule has 0 saturated carbocycles. The number of thiocarbonyl (C=S) groups is 1. The molecular formula is C18H16ClN3OS. The number of amides is 1. The lowest BCUT2D eigenvalue weighted by atomic mass is 9.95. The summed E-state index contributed by atoms with van der Waals surface area (Å²) in [5.74, 6) is -0.203. The summed E-state index contributed by atoms with van der Waals surface area (Å²) in [5.41, 5.74) is 2.94. The van der Waals surface area contributed by atoms with Gasteiger partial charge in [-0.25, -0.2) is 0 Å². The van der Waals surface area contributed by atoms with E-state index in [1.54, 1.807) is 24.3 Å². The van der Waals surface area contributed by atoms with Crippen LogP contribution < -0.4 is 16.0 Å². The molecule has 3 N–H and O–H groups in total. The number of allylic oxidation sites excluding steroid dienone is 1. The fourth-order valence-electron chi connectivity index (χ4n) is 2.66. The normalized spacial score (nSPS) is 17.1. The van der Waals surface area contributed by atoms with E-state index in [2.05, 4.69) is 16.0 Å². The molecule has 2 aromatic rings. The summed E-state index contributed by atoms with van der Waals surface area (Å²) in [7, 11) is 0. The van der Waals surface area contributed by atoms with Crippen molar-refractivity contribution >= 4 is 40.5 Å². The van der Waals surface area contributed by atoms with Gasteiger partial charge in [0.05, 0.1) is 11.6 Å². The van der Waals surface area contributed by atoms with Crippen molar-refractivity contribution in [3.63, 3.8) is 0 Å². The number of carbonyl (C=O) groups excluding carboxylic acids is 1. The molecule has 1 atom stereocenters. The second kappa shape index (κ2) is 7.03. The smallest absolute Gasteiger partial charge is 0.255 e. The van der Waals surface area contributed by atoms with Crippen LogP contribution in [0.25, 0.3) is 0 Å². The number of nitrogens with one attached hydrogen (secondary N) is 3. The highest BCUT2D eigenvalue weighted by Crippen LogP contribution is 2.28. The van der Waals surface area contributed by atoms with Crippen LogP contribution in [0.3, 0.4) is 0 Å². The zero-order chi connectivity index (χ0) is 17.1. The van der Waals surface area contributed by atoms with Crippen molar-refractivity contribution < 1.29 is 4.79 Å². The van der Waals surface area contributed by atoms with Crippen LogP contribution in [0.1, 0.15) is 18.5 Å². The van der Waals surface area contributed by atoms with Crippen molar-refractivity contribution in [2.75, 3.05) is 5.32 Å². The van der Waals surface area contributed by atoms with Crippen LogP contribution in [-0.2, 0) is 4.79 Å². The van der Waals surface area contributed by atoms with Crippen LogP contribution in [0.4, 0.5) is 5.69 Å². The number of anilines is 1. The van der Waals surface area contributed by atoms with Crippen molar-refractivity contribution in [2.45, 2.75) is 13.0 Å². The van der Waals surface area contributed by atoms with Crippen molar-refractivity contribution in [1.82, 2.24) is 10.6 Å². The van der Waals surface area contributed by atoms with E-state index >= 15 is 0 Å². The van der Waals surface area contributed by atoms with Gasteiger partial charge in [0.25, 0.3) is 5.91 Å². The van der Waals surface area contributed by atoms with E-state index in [1.807, 2.05) is 37.3 Å². The zero-order valence-corrected chi connectivity index (χ0v) is 14.5. The largest absolute Gasteiger partial charge is 0.351 e. The van der Waals surface area contributed by atoms with Crippen molar-refractivity contribution in [2.24, 2.45) is 0 Å². The first-order chi connectivity index (χ1) is 11.5. The second-order valence-electron chi connectivity index (χ2n) is 5.45. The molecule has 122 valence electrons. The highest BCUT2D eigenvalue weighted by atomic mass is 35.5. The molecule has 2 aromatic carbocycles. The summed E-state index contributed by atoms with van der Waals surface area (Å²) in [6.07, 6.45) is 0. The minimum atomic E-state index is -0.306. The molecule has 0 saturated heterocycles. The van der Waals surface area contributed by atoms with Gasteiger partial charge in [0, 0.05) is 16.4 Å². The van der Waals surface area contributed by atoms with Crippen LogP contribution in [-0.4, -0.2) is 11.0 Å². The fourth-order valence-corrected chi connectivity index (χ4v) is 3.12. The topological polar surface area (TPSA) is 53.2 Å². The molecule has 1 aliphatic rings. The van der Waals surface area contributed by atoms with Crippen molar-refractivity contribution in [3.8, 4) is 0 Å². The maximum atomic E-state index is 12.8. The van der Waals surface area contributed by atoms with E-state index in [9.17, 15) is 4.79 Å². The molecule has 24 heavy (non-hydrogen) atoms. The van der Waals surface area contributed by atoms with Gasteiger partial charge in [-0.05, 0) is 42.9 Å². The monoisotopic (exact) mass is 357 g/mol. The Morgan fingerprint density at radius 1 is 1.17 bits per heavy atom. The average Bonchev–Trinajstić information content (AvgIpc) is 2.54. The van der Waals surface area contributed by atoms with Crippen LogP contribution in [0.2, 0.25) is 5.02 Å². The summed E-state index contributed by atoms with van der Waals surface area (Å²) >= 11 is 11.2. The molecule has 3 rings (SSSR count). The van der Waals surface area contributed by atoms with E-state index in [-0.39, 0.29) is 11.9 Å². The van der Waals surface area contributed by atoms with Crippen molar-refractivity contribution in [3.05, 3.63) is 76.5 Å². The molecule has 4 nitrogen and oxygen atoms in total. The number of hydrogen-bond donors (Lipinski definition) is 3. The van der Waals surface area contributed by atoms with Crippen LogP contribution >= 0.6 is 23.8 Å². The zero-order valence-electron chi connectivity index (χ0n) is 13.0. The molecule has 0 radical (unpaired) electrons. The maximum Gasteiger partial charge on any atom is 0.255 e. The quantitative estimate of drug-likeness (QED) is 0.732. The molecule has 1 amide bonds. The lowest BCUT2D eigenvalue weighted by molar-refractivity contribution is -0.113. The number of halogens is 1.